The molecule has 0 saturated carbocycles. The van der Waals surface area contributed by atoms with Crippen LogP contribution in [0.2, 0.25) is 0 Å². The first-order valence-corrected chi connectivity index (χ1v) is 8.68. The summed E-state index contributed by atoms with van der Waals surface area (Å²) in [6.45, 7) is 6.67. The number of nitrogens with one attached hydrogen (secondary N) is 1. The highest BCUT2D eigenvalue weighted by Gasteiger charge is 2.25. The molecule has 1 aromatic heterocycles. The van der Waals surface area contributed by atoms with Crippen molar-refractivity contribution in [3.05, 3.63) is 40.1 Å². The number of carbonyl (C=O) groups is 1. The third kappa shape index (κ3) is 3.26. The molecule has 0 spiro atoms. The maximum atomic E-state index is 12.8. The molecule has 1 fully saturated rings. The monoisotopic (exact) mass is 330 g/mol. The summed E-state index contributed by atoms with van der Waals surface area (Å²) in [6, 6.07) is 10.2. The van der Waals surface area contributed by atoms with E-state index in [2.05, 4.69) is 19.2 Å². The second-order valence-electron chi connectivity index (χ2n) is 5.86. The molecule has 122 valence electrons. The van der Waals surface area contributed by atoms with Crippen molar-refractivity contribution in [2.24, 2.45) is 0 Å². The Balaban J connectivity index is 1.86. The van der Waals surface area contributed by atoms with Crippen LogP contribution in [0.5, 0.6) is 5.75 Å². The van der Waals surface area contributed by atoms with Gasteiger partial charge in [0.05, 0.1) is 12.0 Å². The molecular formula is C18H22N2O2S. The quantitative estimate of drug-likeness (QED) is 0.940. The number of rotatable bonds is 3. The van der Waals surface area contributed by atoms with Crippen molar-refractivity contribution in [3.63, 3.8) is 0 Å². The standard InChI is InChI=1S/C18H22N2O2S/c1-12-11-19-8-9-20(12)18(21)17-10-16(13(2)23-17)14-4-6-15(22-3)7-5-14/h4-7,10,12,19H,8-9,11H2,1-3H3/t12-/m1/s1. The van der Waals surface area contributed by atoms with E-state index < -0.39 is 0 Å². The van der Waals surface area contributed by atoms with Crippen molar-refractivity contribution < 1.29 is 9.53 Å². The van der Waals surface area contributed by atoms with Crippen molar-refractivity contribution >= 4 is 17.2 Å². The van der Waals surface area contributed by atoms with E-state index in [1.807, 2.05) is 35.2 Å². The van der Waals surface area contributed by atoms with Crippen molar-refractivity contribution in [1.29, 1.82) is 0 Å². The fourth-order valence-electron chi connectivity index (χ4n) is 2.93. The molecule has 2 aromatic rings. The summed E-state index contributed by atoms with van der Waals surface area (Å²) < 4.78 is 5.21. The normalized spacial score (nSPS) is 18.0. The zero-order valence-corrected chi connectivity index (χ0v) is 14.6. The average molecular weight is 330 g/mol. The van der Waals surface area contributed by atoms with Crippen LogP contribution >= 0.6 is 11.3 Å². The molecular weight excluding hydrogens is 308 g/mol. The van der Waals surface area contributed by atoms with Gasteiger partial charge < -0.3 is 15.0 Å². The number of hydrogen-bond donors (Lipinski definition) is 1. The summed E-state index contributed by atoms with van der Waals surface area (Å²) in [5.74, 6) is 0.986. The fraction of sp³-hybridized carbons (Fsp3) is 0.389. The van der Waals surface area contributed by atoms with E-state index in [4.69, 9.17) is 4.74 Å². The van der Waals surface area contributed by atoms with Crippen LogP contribution in [0.15, 0.2) is 30.3 Å². The minimum atomic E-state index is 0.145. The molecule has 1 aliphatic rings. The molecule has 4 nitrogen and oxygen atoms in total. The number of ether oxygens (including phenoxy) is 1. The van der Waals surface area contributed by atoms with Gasteiger partial charge in [0.25, 0.3) is 5.91 Å². The summed E-state index contributed by atoms with van der Waals surface area (Å²) in [6.07, 6.45) is 0. The molecule has 1 N–H and O–H groups in total. The SMILES string of the molecule is COc1ccc(-c2cc(C(=O)N3CCNC[C@H]3C)sc2C)cc1. The molecule has 1 amide bonds. The second-order valence-corrected chi connectivity index (χ2v) is 7.12. The highest BCUT2D eigenvalue weighted by molar-refractivity contribution is 7.14. The fourth-order valence-corrected chi connectivity index (χ4v) is 3.93. The van der Waals surface area contributed by atoms with Crippen molar-refractivity contribution in [1.82, 2.24) is 10.2 Å². The van der Waals surface area contributed by atoms with Crippen LogP contribution in [-0.2, 0) is 0 Å². The van der Waals surface area contributed by atoms with Gasteiger partial charge in [0.1, 0.15) is 5.75 Å². The number of methoxy groups -OCH3 is 1. The van der Waals surface area contributed by atoms with Gasteiger partial charge in [0.2, 0.25) is 0 Å². The molecule has 0 aliphatic carbocycles. The predicted octanol–water partition coefficient (Wildman–Crippen LogP) is 3.17. The number of thiophene rings is 1. The Kier molecular flexibility index (Phi) is 4.68. The first-order chi connectivity index (χ1) is 11.1. The second kappa shape index (κ2) is 6.72. The molecule has 0 radical (unpaired) electrons. The topological polar surface area (TPSA) is 41.6 Å². The Morgan fingerprint density at radius 3 is 2.74 bits per heavy atom. The number of amides is 1. The van der Waals surface area contributed by atoms with Crippen LogP contribution in [0, 0.1) is 6.92 Å². The van der Waals surface area contributed by atoms with Gasteiger partial charge in [-0.1, -0.05) is 12.1 Å². The minimum Gasteiger partial charge on any atom is -0.497 e. The highest BCUT2D eigenvalue weighted by atomic mass is 32.1. The molecule has 0 unspecified atom stereocenters. The zero-order valence-electron chi connectivity index (χ0n) is 13.8. The molecule has 1 aromatic carbocycles. The van der Waals surface area contributed by atoms with Crippen LogP contribution in [-0.4, -0.2) is 43.6 Å². The number of hydrogen-bond acceptors (Lipinski definition) is 4. The van der Waals surface area contributed by atoms with Crippen molar-refractivity contribution in [3.8, 4) is 16.9 Å². The summed E-state index contributed by atoms with van der Waals surface area (Å²) in [7, 11) is 1.66. The van der Waals surface area contributed by atoms with E-state index in [9.17, 15) is 4.79 Å². The van der Waals surface area contributed by atoms with Gasteiger partial charge in [-0.2, -0.15) is 0 Å². The summed E-state index contributed by atoms with van der Waals surface area (Å²) >= 11 is 1.58. The van der Waals surface area contributed by atoms with Gasteiger partial charge in [0, 0.05) is 30.6 Å². The lowest BCUT2D eigenvalue weighted by Gasteiger charge is -2.33. The van der Waals surface area contributed by atoms with Crippen LogP contribution in [0.25, 0.3) is 11.1 Å². The lowest BCUT2D eigenvalue weighted by molar-refractivity contribution is 0.0661. The number of piperazine rings is 1. The molecule has 23 heavy (non-hydrogen) atoms. The number of benzene rings is 1. The summed E-state index contributed by atoms with van der Waals surface area (Å²) in [4.78, 5) is 16.8. The van der Waals surface area contributed by atoms with Crippen LogP contribution in [0.3, 0.4) is 0 Å². The maximum absolute atomic E-state index is 12.8. The van der Waals surface area contributed by atoms with Crippen LogP contribution < -0.4 is 10.1 Å². The Morgan fingerprint density at radius 2 is 2.09 bits per heavy atom. The van der Waals surface area contributed by atoms with E-state index in [1.54, 1.807) is 18.4 Å². The van der Waals surface area contributed by atoms with Gasteiger partial charge in [-0.15, -0.1) is 11.3 Å². The first kappa shape index (κ1) is 16.0. The largest absolute Gasteiger partial charge is 0.497 e. The van der Waals surface area contributed by atoms with Gasteiger partial charge in [0.15, 0.2) is 0 Å². The molecule has 1 atom stereocenters. The van der Waals surface area contributed by atoms with Crippen LogP contribution in [0.4, 0.5) is 0 Å². The Morgan fingerprint density at radius 1 is 1.35 bits per heavy atom. The van der Waals surface area contributed by atoms with E-state index in [0.717, 1.165) is 41.4 Å². The third-order valence-corrected chi connectivity index (χ3v) is 5.33. The van der Waals surface area contributed by atoms with Crippen molar-refractivity contribution in [2.75, 3.05) is 26.7 Å². The zero-order chi connectivity index (χ0) is 16.4. The predicted molar refractivity (Wildman–Crippen MR) is 94.4 cm³/mol. The molecule has 1 aliphatic heterocycles. The van der Waals surface area contributed by atoms with Crippen molar-refractivity contribution in [2.45, 2.75) is 19.9 Å². The Labute approximate surface area is 141 Å². The van der Waals surface area contributed by atoms with E-state index in [0.29, 0.717) is 0 Å². The lowest BCUT2D eigenvalue weighted by Crippen LogP contribution is -2.52. The maximum Gasteiger partial charge on any atom is 0.264 e. The molecule has 0 bridgehead atoms. The van der Waals surface area contributed by atoms with Gasteiger partial charge in [-0.25, -0.2) is 0 Å². The van der Waals surface area contributed by atoms with Gasteiger partial charge in [-0.3, -0.25) is 4.79 Å². The number of carbonyl (C=O) groups excluding carboxylic acids is 1. The van der Waals surface area contributed by atoms with Gasteiger partial charge >= 0.3 is 0 Å². The average Bonchev–Trinajstić information content (AvgIpc) is 2.96. The Bertz CT molecular complexity index is 694. The lowest BCUT2D eigenvalue weighted by atomic mass is 10.1. The smallest absolute Gasteiger partial charge is 0.264 e. The number of aryl methyl sites for hydroxylation is 1. The first-order valence-electron chi connectivity index (χ1n) is 7.86. The third-order valence-electron chi connectivity index (χ3n) is 4.29. The number of nitrogens with zero attached hydrogens (tertiary/aromatic N) is 1. The molecule has 3 rings (SSSR count). The minimum absolute atomic E-state index is 0.145. The molecule has 5 heteroatoms. The summed E-state index contributed by atoms with van der Waals surface area (Å²) in [5, 5.41) is 3.32. The van der Waals surface area contributed by atoms with E-state index in [-0.39, 0.29) is 11.9 Å². The molecule has 2 heterocycles. The van der Waals surface area contributed by atoms with Crippen LogP contribution in [0.1, 0.15) is 21.5 Å². The van der Waals surface area contributed by atoms with E-state index >= 15 is 0 Å². The highest BCUT2D eigenvalue weighted by Crippen LogP contribution is 2.32. The summed E-state index contributed by atoms with van der Waals surface area (Å²) in [5.41, 5.74) is 2.25. The molecule has 1 saturated heterocycles. The van der Waals surface area contributed by atoms with E-state index in [1.165, 1.54) is 4.88 Å². The Hall–Kier alpha value is -1.85. The van der Waals surface area contributed by atoms with Gasteiger partial charge in [-0.05, 0) is 43.2 Å².